The lowest BCUT2D eigenvalue weighted by Gasteiger charge is -2.19. The number of rotatable bonds is 8. The number of hydrogen-bond acceptors (Lipinski definition) is 5. The quantitative estimate of drug-likeness (QED) is 0.629. The van der Waals surface area contributed by atoms with E-state index in [2.05, 4.69) is 5.32 Å². The maximum Gasteiger partial charge on any atom is 0.255 e. The lowest BCUT2D eigenvalue weighted by molar-refractivity contribution is 0.102. The fraction of sp³-hybridized carbons (Fsp3) is 0.350. The number of nitrogens with zero attached hydrogens (tertiary/aromatic N) is 1. The summed E-state index contributed by atoms with van der Waals surface area (Å²) in [6.45, 7) is 7.27. The van der Waals surface area contributed by atoms with Gasteiger partial charge in [-0.1, -0.05) is 25.4 Å². The molecule has 0 aliphatic carbocycles. The van der Waals surface area contributed by atoms with Gasteiger partial charge in [-0.2, -0.15) is 4.31 Å². The van der Waals surface area contributed by atoms with Crippen LogP contribution in [0.5, 0.6) is 0 Å². The molecule has 164 valence electrons. The highest BCUT2D eigenvalue weighted by Gasteiger charge is 2.23. The van der Waals surface area contributed by atoms with Gasteiger partial charge in [-0.25, -0.2) is 16.8 Å². The smallest absolute Gasteiger partial charge is 0.255 e. The zero-order valence-electron chi connectivity index (χ0n) is 17.2. The predicted molar refractivity (Wildman–Crippen MR) is 118 cm³/mol. The van der Waals surface area contributed by atoms with Crippen molar-refractivity contribution in [3.05, 3.63) is 53.1 Å². The van der Waals surface area contributed by atoms with Crippen LogP contribution < -0.4 is 5.32 Å². The second kappa shape index (κ2) is 9.47. The van der Waals surface area contributed by atoms with E-state index in [1.807, 2.05) is 0 Å². The molecule has 2 aromatic rings. The number of benzene rings is 2. The topological polar surface area (TPSA) is 101 Å². The molecule has 0 unspecified atom stereocenters. The summed E-state index contributed by atoms with van der Waals surface area (Å²) in [4.78, 5) is 12.7. The number of sulfonamides is 1. The van der Waals surface area contributed by atoms with Gasteiger partial charge in [-0.15, -0.1) is 0 Å². The fourth-order valence-corrected chi connectivity index (χ4v) is 5.45. The molecule has 0 heterocycles. The van der Waals surface area contributed by atoms with E-state index in [-0.39, 0.29) is 26.1 Å². The van der Waals surface area contributed by atoms with Crippen molar-refractivity contribution in [2.75, 3.05) is 18.4 Å². The summed E-state index contributed by atoms with van der Waals surface area (Å²) >= 11 is 6.14. The number of halogens is 1. The van der Waals surface area contributed by atoms with E-state index in [0.29, 0.717) is 13.1 Å². The van der Waals surface area contributed by atoms with E-state index < -0.39 is 31.0 Å². The van der Waals surface area contributed by atoms with Crippen molar-refractivity contribution in [1.82, 2.24) is 4.31 Å². The normalized spacial score (nSPS) is 12.4. The summed E-state index contributed by atoms with van der Waals surface area (Å²) in [7, 11) is -7.16. The van der Waals surface area contributed by atoms with Crippen LogP contribution in [-0.2, 0) is 19.9 Å². The van der Waals surface area contributed by atoms with E-state index in [1.54, 1.807) is 27.7 Å². The van der Waals surface area contributed by atoms with Gasteiger partial charge in [0.05, 0.1) is 25.8 Å². The standard InChI is InChI=1S/C20H25ClN2O5S2/c1-5-23(6-2)30(27,28)17-11-12-18(21)19(13-17)22-20(24)15-7-9-16(10-8-15)29(25,26)14(3)4/h7-14H,5-6H2,1-4H3,(H,22,24). The second-order valence-electron chi connectivity index (χ2n) is 6.80. The van der Waals surface area contributed by atoms with Crippen LogP contribution in [0.3, 0.4) is 0 Å². The van der Waals surface area contributed by atoms with Crippen LogP contribution in [-0.4, -0.2) is 45.4 Å². The monoisotopic (exact) mass is 472 g/mol. The van der Waals surface area contributed by atoms with Crippen molar-refractivity contribution >= 4 is 43.1 Å². The zero-order chi connectivity index (χ0) is 22.7. The molecular weight excluding hydrogens is 448 g/mol. The van der Waals surface area contributed by atoms with Crippen molar-refractivity contribution in [2.45, 2.75) is 42.7 Å². The van der Waals surface area contributed by atoms with Crippen molar-refractivity contribution in [3.63, 3.8) is 0 Å². The Morgan fingerprint density at radius 2 is 1.50 bits per heavy atom. The van der Waals surface area contributed by atoms with Gasteiger partial charge in [0.15, 0.2) is 9.84 Å². The summed E-state index contributed by atoms with van der Waals surface area (Å²) < 4.78 is 51.1. The van der Waals surface area contributed by atoms with E-state index in [0.717, 1.165) is 0 Å². The number of carbonyl (C=O) groups is 1. The molecule has 2 aromatic carbocycles. The first-order chi connectivity index (χ1) is 13.9. The minimum atomic E-state index is -3.71. The molecule has 2 rings (SSSR count). The first kappa shape index (κ1) is 24.3. The molecule has 0 saturated carbocycles. The van der Waals surface area contributed by atoms with Gasteiger partial charge in [0.2, 0.25) is 10.0 Å². The maximum atomic E-state index is 12.7. The summed E-state index contributed by atoms with van der Waals surface area (Å²) in [6.07, 6.45) is 0. The van der Waals surface area contributed by atoms with Crippen LogP contribution in [0.4, 0.5) is 5.69 Å². The number of hydrogen-bond donors (Lipinski definition) is 1. The fourth-order valence-electron chi connectivity index (χ4n) is 2.74. The molecule has 0 atom stereocenters. The van der Waals surface area contributed by atoms with Gasteiger partial charge < -0.3 is 5.32 Å². The Morgan fingerprint density at radius 1 is 0.967 bits per heavy atom. The third-order valence-corrected chi connectivity index (χ3v) is 9.14. The Bertz CT molecular complexity index is 1120. The zero-order valence-corrected chi connectivity index (χ0v) is 19.6. The first-order valence-electron chi connectivity index (χ1n) is 9.40. The molecule has 7 nitrogen and oxygen atoms in total. The Kier molecular flexibility index (Phi) is 7.68. The molecule has 30 heavy (non-hydrogen) atoms. The molecule has 0 spiro atoms. The number of amides is 1. The number of anilines is 1. The largest absolute Gasteiger partial charge is 0.321 e. The number of sulfone groups is 1. The van der Waals surface area contributed by atoms with Crippen molar-refractivity contribution in [3.8, 4) is 0 Å². The lowest BCUT2D eigenvalue weighted by Crippen LogP contribution is -2.30. The van der Waals surface area contributed by atoms with Crippen LogP contribution in [0.15, 0.2) is 52.3 Å². The van der Waals surface area contributed by atoms with Gasteiger partial charge in [-0.3, -0.25) is 4.79 Å². The molecule has 1 N–H and O–H groups in total. The van der Waals surface area contributed by atoms with Gasteiger partial charge in [0, 0.05) is 18.7 Å². The highest BCUT2D eigenvalue weighted by molar-refractivity contribution is 7.92. The SMILES string of the molecule is CCN(CC)S(=O)(=O)c1ccc(Cl)c(NC(=O)c2ccc(S(=O)(=O)C(C)C)cc2)c1. The average Bonchev–Trinajstić information content (AvgIpc) is 2.70. The summed E-state index contributed by atoms with van der Waals surface area (Å²) in [5.41, 5.74) is 0.361. The van der Waals surface area contributed by atoms with Crippen molar-refractivity contribution < 1.29 is 21.6 Å². The Morgan fingerprint density at radius 3 is 2.00 bits per heavy atom. The van der Waals surface area contributed by atoms with Gasteiger partial charge in [0.1, 0.15) is 0 Å². The average molecular weight is 473 g/mol. The summed E-state index contributed by atoms with van der Waals surface area (Å²) in [5, 5.41) is 2.20. The van der Waals surface area contributed by atoms with E-state index in [1.165, 1.54) is 46.8 Å². The highest BCUT2D eigenvalue weighted by atomic mass is 35.5. The van der Waals surface area contributed by atoms with Gasteiger partial charge >= 0.3 is 0 Å². The molecule has 10 heteroatoms. The lowest BCUT2D eigenvalue weighted by atomic mass is 10.2. The van der Waals surface area contributed by atoms with Gasteiger partial charge in [-0.05, 0) is 56.3 Å². The minimum absolute atomic E-state index is 0.0178. The molecule has 0 bridgehead atoms. The molecule has 0 aliphatic heterocycles. The minimum Gasteiger partial charge on any atom is -0.321 e. The van der Waals surface area contributed by atoms with Gasteiger partial charge in [0.25, 0.3) is 5.91 Å². The third-order valence-electron chi connectivity index (χ3n) is 4.59. The van der Waals surface area contributed by atoms with Crippen LogP contribution in [0.2, 0.25) is 5.02 Å². The molecule has 0 fully saturated rings. The van der Waals surface area contributed by atoms with Crippen molar-refractivity contribution in [1.29, 1.82) is 0 Å². The molecular formula is C20H25ClN2O5S2. The predicted octanol–water partition coefficient (Wildman–Crippen LogP) is 3.80. The molecule has 0 saturated heterocycles. The first-order valence-corrected chi connectivity index (χ1v) is 12.8. The number of carbonyl (C=O) groups excluding carboxylic acids is 1. The van der Waals surface area contributed by atoms with E-state index >= 15 is 0 Å². The molecule has 1 amide bonds. The van der Waals surface area contributed by atoms with Crippen LogP contribution >= 0.6 is 11.6 Å². The number of nitrogens with one attached hydrogen (secondary N) is 1. The Hall–Kier alpha value is -1.94. The summed E-state index contributed by atoms with van der Waals surface area (Å²) in [6, 6.07) is 9.64. The molecule has 0 radical (unpaired) electrons. The summed E-state index contributed by atoms with van der Waals surface area (Å²) in [5.74, 6) is -0.539. The van der Waals surface area contributed by atoms with Crippen LogP contribution in [0.25, 0.3) is 0 Å². The third kappa shape index (κ3) is 5.03. The second-order valence-corrected chi connectivity index (χ2v) is 11.7. The molecule has 0 aliphatic rings. The maximum absolute atomic E-state index is 12.7. The molecule has 0 aromatic heterocycles. The Balaban J connectivity index is 2.31. The highest BCUT2D eigenvalue weighted by Crippen LogP contribution is 2.27. The Labute approximate surface area is 183 Å². The van der Waals surface area contributed by atoms with Crippen LogP contribution in [0, 0.1) is 0 Å². The van der Waals surface area contributed by atoms with Crippen LogP contribution in [0.1, 0.15) is 38.1 Å². The van der Waals surface area contributed by atoms with Crippen molar-refractivity contribution in [2.24, 2.45) is 0 Å². The van der Waals surface area contributed by atoms with E-state index in [4.69, 9.17) is 11.6 Å². The van der Waals surface area contributed by atoms with E-state index in [9.17, 15) is 21.6 Å².